The van der Waals surface area contributed by atoms with E-state index in [4.69, 9.17) is 9.47 Å². The minimum Gasteiger partial charge on any atom is -0.497 e. The van der Waals surface area contributed by atoms with Gasteiger partial charge in [-0.05, 0) is 36.6 Å². The van der Waals surface area contributed by atoms with Gasteiger partial charge in [-0.1, -0.05) is 42.0 Å². The summed E-state index contributed by atoms with van der Waals surface area (Å²) in [5, 5.41) is 12.7. The largest absolute Gasteiger partial charge is 0.497 e. The number of methoxy groups -OCH3 is 1. The summed E-state index contributed by atoms with van der Waals surface area (Å²) in [6.45, 7) is 2.80. The summed E-state index contributed by atoms with van der Waals surface area (Å²) < 4.78 is 10.6. The Morgan fingerprint density at radius 2 is 1.73 bits per heavy atom. The van der Waals surface area contributed by atoms with Crippen molar-refractivity contribution in [2.24, 2.45) is 0 Å². The van der Waals surface area contributed by atoms with Crippen LogP contribution in [-0.2, 0) is 22.6 Å². The molecule has 1 amide bonds. The molecular formula is C21H27NO4. The smallest absolute Gasteiger partial charge is 0.220 e. The first kappa shape index (κ1) is 19.9. The van der Waals surface area contributed by atoms with E-state index in [-0.39, 0.29) is 19.1 Å². The average Bonchev–Trinajstić information content (AvgIpc) is 2.66. The molecule has 0 saturated carbocycles. The van der Waals surface area contributed by atoms with Gasteiger partial charge in [0.2, 0.25) is 5.91 Å². The van der Waals surface area contributed by atoms with Crippen molar-refractivity contribution in [2.75, 3.05) is 20.3 Å². The molecule has 0 fully saturated rings. The van der Waals surface area contributed by atoms with E-state index in [1.54, 1.807) is 7.11 Å². The third kappa shape index (κ3) is 7.25. The molecule has 140 valence electrons. The van der Waals surface area contributed by atoms with E-state index in [1.807, 2.05) is 55.5 Å². The normalized spacial score (nSPS) is 11.8. The van der Waals surface area contributed by atoms with Gasteiger partial charge < -0.3 is 19.9 Å². The van der Waals surface area contributed by atoms with Gasteiger partial charge in [0, 0.05) is 13.0 Å². The molecule has 0 bridgehead atoms. The summed E-state index contributed by atoms with van der Waals surface area (Å²) in [6.07, 6.45) is 0.371. The number of ether oxygens (including phenoxy) is 2. The summed E-state index contributed by atoms with van der Waals surface area (Å²) >= 11 is 0. The van der Waals surface area contributed by atoms with Crippen molar-refractivity contribution >= 4 is 5.91 Å². The van der Waals surface area contributed by atoms with E-state index in [1.165, 1.54) is 5.56 Å². The predicted molar refractivity (Wildman–Crippen MR) is 101 cm³/mol. The number of rotatable bonds is 10. The highest BCUT2D eigenvalue weighted by atomic mass is 16.5. The minimum atomic E-state index is -0.725. The number of benzene rings is 2. The second-order valence-electron chi connectivity index (χ2n) is 6.31. The second-order valence-corrected chi connectivity index (χ2v) is 6.31. The first-order valence-corrected chi connectivity index (χ1v) is 8.78. The van der Waals surface area contributed by atoms with Crippen molar-refractivity contribution in [1.29, 1.82) is 0 Å². The number of hydrogen-bond donors (Lipinski definition) is 2. The van der Waals surface area contributed by atoms with E-state index < -0.39 is 6.10 Å². The zero-order valence-electron chi connectivity index (χ0n) is 15.4. The molecule has 2 aromatic rings. The fraction of sp³-hybridized carbons (Fsp3) is 0.381. The maximum Gasteiger partial charge on any atom is 0.220 e. The number of aryl methyl sites for hydroxylation is 2. The van der Waals surface area contributed by atoms with E-state index in [9.17, 15) is 9.90 Å². The Balaban J connectivity index is 1.59. The van der Waals surface area contributed by atoms with Crippen molar-refractivity contribution in [3.8, 4) is 5.75 Å². The molecule has 2 N–H and O–H groups in total. The van der Waals surface area contributed by atoms with Crippen LogP contribution in [0.25, 0.3) is 0 Å². The second kappa shape index (κ2) is 10.6. The highest BCUT2D eigenvalue weighted by molar-refractivity contribution is 5.76. The number of nitrogens with one attached hydrogen (secondary N) is 1. The molecule has 0 saturated heterocycles. The van der Waals surface area contributed by atoms with Crippen LogP contribution < -0.4 is 10.1 Å². The summed E-state index contributed by atoms with van der Waals surface area (Å²) in [7, 11) is 1.62. The molecular weight excluding hydrogens is 330 g/mol. The van der Waals surface area contributed by atoms with Crippen LogP contribution in [0, 0.1) is 6.92 Å². The third-order valence-corrected chi connectivity index (χ3v) is 4.03. The van der Waals surface area contributed by atoms with Crippen LogP contribution in [0.5, 0.6) is 5.75 Å². The molecule has 1 unspecified atom stereocenters. The van der Waals surface area contributed by atoms with E-state index in [2.05, 4.69) is 5.32 Å². The Labute approximate surface area is 155 Å². The van der Waals surface area contributed by atoms with Gasteiger partial charge >= 0.3 is 0 Å². The summed E-state index contributed by atoms with van der Waals surface area (Å²) in [6, 6.07) is 15.7. The monoisotopic (exact) mass is 357 g/mol. The maximum atomic E-state index is 11.9. The molecule has 1 atom stereocenters. The summed E-state index contributed by atoms with van der Waals surface area (Å²) in [4.78, 5) is 11.9. The molecule has 0 aliphatic rings. The number of amides is 1. The van der Waals surface area contributed by atoms with E-state index >= 15 is 0 Å². The summed E-state index contributed by atoms with van der Waals surface area (Å²) in [5.41, 5.74) is 3.34. The highest BCUT2D eigenvalue weighted by Crippen LogP contribution is 2.12. The number of aliphatic hydroxyl groups excluding tert-OH is 1. The van der Waals surface area contributed by atoms with Crippen molar-refractivity contribution in [1.82, 2.24) is 5.32 Å². The van der Waals surface area contributed by atoms with E-state index in [0.29, 0.717) is 19.4 Å². The van der Waals surface area contributed by atoms with Crippen LogP contribution in [0.4, 0.5) is 0 Å². The third-order valence-electron chi connectivity index (χ3n) is 4.03. The van der Waals surface area contributed by atoms with Gasteiger partial charge in [0.15, 0.2) is 0 Å². The Morgan fingerprint density at radius 3 is 2.38 bits per heavy atom. The van der Waals surface area contributed by atoms with Crippen LogP contribution >= 0.6 is 0 Å². The molecule has 0 aliphatic carbocycles. The lowest BCUT2D eigenvalue weighted by molar-refractivity contribution is -0.121. The van der Waals surface area contributed by atoms with Crippen molar-refractivity contribution in [2.45, 2.75) is 32.5 Å². The molecule has 5 nitrogen and oxygen atoms in total. The predicted octanol–water partition coefficient (Wildman–Crippen LogP) is 2.63. The van der Waals surface area contributed by atoms with Crippen LogP contribution in [-0.4, -0.2) is 37.4 Å². The topological polar surface area (TPSA) is 67.8 Å². The fourth-order valence-corrected chi connectivity index (χ4v) is 2.43. The molecule has 5 heteroatoms. The van der Waals surface area contributed by atoms with Gasteiger partial charge in [0.05, 0.1) is 26.4 Å². The Hall–Kier alpha value is -2.37. The average molecular weight is 357 g/mol. The quantitative estimate of drug-likeness (QED) is 0.686. The molecule has 0 radical (unpaired) electrons. The van der Waals surface area contributed by atoms with E-state index in [0.717, 1.165) is 16.9 Å². The number of carbonyl (C=O) groups is 1. The molecule has 0 aromatic heterocycles. The van der Waals surface area contributed by atoms with Crippen LogP contribution in [0.1, 0.15) is 23.1 Å². The maximum absolute atomic E-state index is 11.9. The minimum absolute atomic E-state index is 0.0696. The molecule has 2 rings (SSSR count). The fourth-order valence-electron chi connectivity index (χ4n) is 2.43. The standard InChI is InChI=1S/C21H27NO4/c1-16-3-5-17(6-4-16)9-12-21(24)22-13-19(23)15-26-14-18-7-10-20(25-2)11-8-18/h3-8,10-11,19,23H,9,12-15H2,1-2H3,(H,22,24). The lowest BCUT2D eigenvalue weighted by Gasteiger charge is -2.13. The van der Waals surface area contributed by atoms with Gasteiger partial charge in [-0.25, -0.2) is 0 Å². The van der Waals surface area contributed by atoms with Crippen molar-refractivity contribution < 1.29 is 19.4 Å². The Kier molecular flexibility index (Phi) is 8.12. The number of carbonyl (C=O) groups excluding carboxylic acids is 1. The molecule has 2 aromatic carbocycles. The number of hydrogen-bond acceptors (Lipinski definition) is 4. The molecule has 0 heterocycles. The van der Waals surface area contributed by atoms with Crippen LogP contribution in [0.2, 0.25) is 0 Å². The van der Waals surface area contributed by atoms with Crippen LogP contribution in [0.3, 0.4) is 0 Å². The molecule has 0 aliphatic heterocycles. The lowest BCUT2D eigenvalue weighted by atomic mass is 10.1. The van der Waals surface area contributed by atoms with Gasteiger partial charge in [-0.3, -0.25) is 4.79 Å². The van der Waals surface area contributed by atoms with Gasteiger partial charge in [-0.15, -0.1) is 0 Å². The SMILES string of the molecule is COc1ccc(COCC(O)CNC(=O)CCc2ccc(C)cc2)cc1. The zero-order chi connectivity index (χ0) is 18.8. The zero-order valence-corrected chi connectivity index (χ0v) is 15.4. The van der Waals surface area contributed by atoms with Crippen LogP contribution in [0.15, 0.2) is 48.5 Å². The Bertz CT molecular complexity index is 667. The lowest BCUT2D eigenvalue weighted by Crippen LogP contribution is -2.34. The number of aliphatic hydroxyl groups is 1. The van der Waals surface area contributed by atoms with Gasteiger partial charge in [0.25, 0.3) is 0 Å². The molecule has 26 heavy (non-hydrogen) atoms. The van der Waals surface area contributed by atoms with Gasteiger partial charge in [-0.2, -0.15) is 0 Å². The van der Waals surface area contributed by atoms with Crippen molar-refractivity contribution in [3.05, 3.63) is 65.2 Å². The Morgan fingerprint density at radius 1 is 1.08 bits per heavy atom. The first-order valence-electron chi connectivity index (χ1n) is 8.78. The molecule has 0 spiro atoms. The highest BCUT2D eigenvalue weighted by Gasteiger charge is 2.08. The first-order chi connectivity index (χ1) is 12.6. The summed E-state index contributed by atoms with van der Waals surface area (Å²) in [5.74, 6) is 0.724. The van der Waals surface area contributed by atoms with Crippen molar-refractivity contribution in [3.63, 3.8) is 0 Å². The van der Waals surface area contributed by atoms with Gasteiger partial charge in [0.1, 0.15) is 5.75 Å².